The Hall–Kier alpha value is -1.61. The molecule has 0 fully saturated rings. The first-order valence-electron chi connectivity index (χ1n) is 4.94. The summed E-state index contributed by atoms with van der Waals surface area (Å²) in [6.07, 6.45) is 5.18. The summed E-state index contributed by atoms with van der Waals surface area (Å²) in [5, 5.41) is 1.16. The van der Waals surface area contributed by atoms with Crippen molar-refractivity contribution in [3.8, 4) is 12.3 Å². The van der Waals surface area contributed by atoms with E-state index >= 15 is 0 Å². The van der Waals surface area contributed by atoms with Gasteiger partial charge in [-0.1, -0.05) is 12.0 Å². The van der Waals surface area contributed by atoms with E-state index in [4.69, 9.17) is 6.42 Å². The van der Waals surface area contributed by atoms with Gasteiger partial charge in [-0.25, -0.2) is 0 Å². The lowest BCUT2D eigenvalue weighted by atomic mass is 10.2. The number of anilines is 1. The van der Waals surface area contributed by atoms with Crippen LogP contribution < -0.4 is 5.32 Å². The average molecular weight is 273 g/mol. The predicted octanol–water partition coefficient (Wildman–Crippen LogP) is 3.25. The molecular formula is C12H10F3NOS. The highest BCUT2D eigenvalue weighted by Crippen LogP contribution is 2.34. The van der Waals surface area contributed by atoms with Crippen molar-refractivity contribution in [1.82, 2.24) is 0 Å². The van der Waals surface area contributed by atoms with Gasteiger partial charge < -0.3 is 5.32 Å². The van der Waals surface area contributed by atoms with Crippen LogP contribution in [0.3, 0.4) is 0 Å². The summed E-state index contributed by atoms with van der Waals surface area (Å²) < 4.78 is 36.2. The summed E-state index contributed by atoms with van der Waals surface area (Å²) in [6.45, 7) is 1.19. The van der Waals surface area contributed by atoms with E-state index in [1.165, 1.54) is 13.0 Å². The highest BCUT2D eigenvalue weighted by atomic mass is 32.2. The Morgan fingerprint density at radius 3 is 2.72 bits per heavy atom. The summed E-state index contributed by atoms with van der Waals surface area (Å²) in [6, 6.07) is 6.35. The van der Waals surface area contributed by atoms with Gasteiger partial charge in [0, 0.05) is 11.3 Å². The first-order valence-corrected chi connectivity index (χ1v) is 5.82. The molecule has 1 N–H and O–H groups in total. The van der Waals surface area contributed by atoms with E-state index < -0.39 is 16.7 Å². The van der Waals surface area contributed by atoms with Crippen LogP contribution in [0.2, 0.25) is 0 Å². The van der Waals surface area contributed by atoms with Crippen LogP contribution >= 0.6 is 11.8 Å². The molecule has 0 saturated carbocycles. The first kappa shape index (κ1) is 14.5. The topological polar surface area (TPSA) is 29.1 Å². The SMILES string of the molecule is C#Cc1cccc(NC(=O)C(C)SC(F)(F)F)c1. The van der Waals surface area contributed by atoms with Crippen LogP contribution in [0, 0.1) is 12.3 Å². The number of rotatable bonds is 3. The van der Waals surface area contributed by atoms with Crippen molar-refractivity contribution in [1.29, 1.82) is 0 Å². The number of terminal acetylenes is 1. The van der Waals surface area contributed by atoms with Crippen molar-refractivity contribution in [2.24, 2.45) is 0 Å². The van der Waals surface area contributed by atoms with E-state index in [9.17, 15) is 18.0 Å². The van der Waals surface area contributed by atoms with Gasteiger partial charge in [-0.3, -0.25) is 4.79 Å². The largest absolute Gasteiger partial charge is 0.442 e. The quantitative estimate of drug-likeness (QED) is 0.856. The lowest BCUT2D eigenvalue weighted by Crippen LogP contribution is -2.25. The van der Waals surface area contributed by atoms with Gasteiger partial charge in [-0.05, 0) is 36.9 Å². The van der Waals surface area contributed by atoms with Crippen molar-refractivity contribution >= 4 is 23.4 Å². The third-order valence-corrected chi connectivity index (χ3v) is 2.81. The van der Waals surface area contributed by atoms with E-state index in [0.717, 1.165) is 0 Å². The fourth-order valence-corrected chi connectivity index (χ4v) is 1.75. The van der Waals surface area contributed by atoms with E-state index in [1.54, 1.807) is 18.2 Å². The van der Waals surface area contributed by atoms with Crippen molar-refractivity contribution in [2.45, 2.75) is 17.7 Å². The van der Waals surface area contributed by atoms with Crippen LogP contribution in [0.15, 0.2) is 24.3 Å². The molecule has 2 nitrogen and oxygen atoms in total. The van der Waals surface area contributed by atoms with E-state index in [2.05, 4.69) is 11.2 Å². The molecule has 0 aliphatic heterocycles. The number of carbonyl (C=O) groups excluding carboxylic acids is 1. The molecule has 1 amide bonds. The molecule has 0 radical (unpaired) electrons. The minimum Gasteiger partial charge on any atom is -0.325 e. The maximum absolute atomic E-state index is 12.1. The average Bonchev–Trinajstić information content (AvgIpc) is 2.27. The monoisotopic (exact) mass is 273 g/mol. The molecule has 0 saturated heterocycles. The summed E-state index contributed by atoms with van der Waals surface area (Å²) in [5.74, 6) is 1.66. The van der Waals surface area contributed by atoms with Gasteiger partial charge in [0.15, 0.2) is 0 Å². The molecule has 0 heterocycles. The molecule has 1 unspecified atom stereocenters. The highest BCUT2D eigenvalue weighted by Gasteiger charge is 2.34. The number of alkyl halides is 3. The molecule has 1 rings (SSSR count). The van der Waals surface area contributed by atoms with Gasteiger partial charge in [0.25, 0.3) is 0 Å². The summed E-state index contributed by atoms with van der Waals surface area (Å²) in [4.78, 5) is 11.5. The Morgan fingerprint density at radius 1 is 1.50 bits per heavy atom. The molecule has 1 aromatic rings. The van der Waals surface area contributed by atoms with Crippen molar-refractivity contribution < 1.29 is 18.0 Å². The van der Waals surface area contributed by atoms with Crippen molar-refractivity contribution in [2.75, 3.05) is 5.32 Å². The number of halogens is 3. The van der Waals surface area contributed by atoms with Gasteiger partial charge in [0.05, 0.1) is 5.25 Å². The molecule has 0 aliphatic rings. The second-order valence-electron chi connectivity index (χ2n) is 3.42. The zero-order chi connectivity index (χ0) is 13.8. The normalized spacial score (nSPS) is 12.6. The third kappa shape index (κ3) is 4.72. The van der Waals surface area contributed by atoms with E-state index in [0.29, 0.717) is 11.3 Å². The predicted molar refractivity (Wildman–Crippen MR) is 66.1 cm³/mol. The summed E-state index contributed by atoms with van der Waals surface area (Å²) in [7, 11) is 0. The second-order valence-corrected chi connectivity index (χ2v) is 4.83. The Morgan fingerprint density at radius 2 is 2.17 bits per heavy atom. The Labute approximate surface area is 107 Å². The molecule has 0 aliphatic carbocycles. The molecule has 0 spiro atoms. The van der Waals surface area contributed by atoms with E-state index in [1.807, 2.05) is 0 Å². The van der Waals surface area contributed by atoms with Crippen molar-refractivity contribution in [3.63, 3.8) is 0 Å². The van der Waals surface area contributed by atoms with Gasteiger partial charge in [0.2, 0.25) is 5.91 Å². The molecule has 96 valence electrons. The Kier molecular flexibility index (Phi) is 4.68. The zero-order valence-corrected chi connectivity index (χ0v) is 10.2. The number of carbonyl (C=O) groups is 1. The van der Waals surface area contributed by atoms with Crippen LogP contribution in [0.5, 0.6) is 0 Å². The van der Waals surface area contributed by atoms with Gasteiger partial charge in [0.1, 0.15) is 0 Å². The first-order chi connectivity index (χ1) is 8.31. The third-order valence-electron chi connectivity index (χ3n) is 1.98. The molecule has 0 aromatic heterocycles. The number of amides is 1. The molecule has 18 heavy (non-hydrogen) atoms. The minimum absolute atomic E-state index is 0.358. The standard InChI is InChI=1S/C12H10F3NOS/c1-3-9-5-4-6-10(7-9)16-11(17)8(2)18-12(13,14)15/h1,4-8H,2H3,(H,16,17). The molecule has 0 bridgehead atoms. The number of hydrogen-bond acceptors (Lipinski definition) is 2. The Balaban J connectivity index is 2.67. The fraction of sp³-hybridized carbons (Fsp3) is 0.250. The fourth-order valence-electron chi connectivity index (χ4n) is 1.18. The highest BCUT2D eigenvalue weighted by molar-refractivity contribution is 8.01. The molecule has 1 aromatic carbocycles. The van der Waals surface area contributed by atoms with Crippen LogP contribution in [0.25, 0.3) is 0 Å². The number of thioether (sulfide) groups is 1. The van der Waals surface area contributed by atoms with Crippen LogP contribution in [0.1, 0.15) is 12.5 Å². The van der Waals surface area contributed by atoms with Crippen LogP contribution in [-0.2, 0) is 4.79 Å². The van der Waals surface area contributed by atoms with Gasteiger partial charge in [-0.15, -0.1) is 6.42 Å². The maximum Gasteiger partial charge on any atom is 0.442 e. The lowest BCUT2D eigenvalue weighted by molar-refractivity contribution is -0.115. The van der Waals surface area contributed by atoms with E-state index in [-0.39, 0.29) is 11.8 Å². The van der Waals surface area contributed by atoms with Crippen LogP contribution in [-0.4, -0.2) is 16.7 Å². The number of nitrogens with one attached hydrogen (secondary N) is 1. The number of benzene rings is 1. The number of hydrogen-bond donors (Lipinski definition) is 1. The van der Waals surface area contributed by atoms with Gasteiger partial charge in [-0.2, -0.15) is 13.2 Å². The summed E-state index contributed by atoms with van der Waals surface area (Å²) in [5.41, 5.74) is -3.51. The zero-order valence-electron chi connectivity index (χ0n) is 9.41. The maximum atomic E-state index is 12.1. The van der Waals surface area contributed by atoms with Gasteiger partial charge >= 0.3 is 5.51 Å². The lowest BCUT2D eigenvalue weighted by Gasteiger charge is -2.13. The smallest absolute Gasteiger partial charge is 0.325 e. The minimum atomic E-state index is -4.43. The second kappa shape index (κ2) is 5.83. The van der Waals surface area contributed by atoms with Crippen LogP contribution in [0.4, 0.5) is 18.9 Å². The molecule has 1 atom stereocenters. The Bertz CT molecular complexity index is 479. The molecule has 6 heteroatoms. The van der Waals surface area contributed by atoms with Crippen molar-refractivity contribution in [3.05, 3.63) is 29.8 Å². The molecular weight excluding hydrogens is 263 g/mol. The summed E-state index contributed by atoms with van der Waals surface area (Å²) >= 11 is -0.358.